The van der Waals surface area contributed by atoms with Crippen molar-refractivity contribution in [3.8, 4) is 17.2 Å². The quantitative estimate of drug-likeness (QED) is 0.721. The van der Waals surface area contributed by atoms with Crippen molar-refractivity contribution in [2.24, 2.45) is 0 Å². The summed E-state index contributed by atoms with van der Waals surface area (Å²) in [6.07, 6.45) is 1.05. The van der Waals surface area contributed by atoms with Crippen molar-refractivity contribution in [3.05, 3.63) is 59.4 Å². The lowest BCUT2D eigenvalue weighted by molar-refractivity contribution is -0.137. The average molecular weight is 423 g/mol. The largest absolute Gasteiger partial charge is 0.465 e. The number of benzene rings is 2. The highest BCUT2D eigenvalue weighted by Gasteiger charge is 2.33. The van der Waals surface area contributed by atoms with E-state index in [1.807, 2.05) is 6.07 Å². The van der Waals surface area contributed by atoms with E-state index in [1.54, 1.807) is 30.3 Å². The van der Waals surface area contributed by atoms with Crippen LogP contribution in [0.2, 0.25) is 0 Å². The first kappa shape index (κ1) is 22.0. The van der Waals surface area contributed by atoms with Gasteiger partial charge in [0, 0.05) is 13.1 Å². The number of carbonyl (C=O) groups excluding carboxylic acids is 3. The number of hydrogen-bond acceptors (Lipinski definition) is 5. The second-order valence-electron chi connectivity index (χ2n) is 7.15. The lowest BCUT2D eigenvalue weighted by Gasteiger charge is -2.23. The molecule has 1 saturated heterocycles. The first-order valence-corrected chi connectivity index (χ1v) is 9.86. The van der Waals surface area contributed by atoms with Gasteiger partial charge in [-0.25, -0.2) is 9.18 Å². The van der Waals surface area contributed by atoms with Crippen LogP contribution in [0.5, 0.6) is 0 Å². The topological polar surface area (TPSA) is 99.5 Å². The normalized spacial score (nSPS) is 15.3. The zero-order chi connectivity index (χ0) is 22.4. The first-order valence-electron chi connectivity index (χ1n) is 9.86. The lowest BCUT2D eigenvalue weighted by Crippen LogP contribution is -2.45. The molecule has 0 aliphatic carbocycles. The lowest BCUT2D eigenvalue weighted by atomic mass is 9.98. The standard InChI is InChI=1S/C23H22FN3O4/c1-31-23(30)21-17(4-2-5-18(21)24)16-9-7-15(8-10-16)14-26-22(29)19-6-3-13-27(19)20(28)11-12-25/h2,4-5,7-10,19H,3,6,11,13-14H2,1H3,(H,26,29). The number of hydrogen-bond donors (Lipinski definition) is 1. The van der Waals surface area contributed by atoms with Gasteiger partial charge >= 0.3 is 5.97 Å². The van der Waals surface area contributed by atoms with E-state index >= 15 is 0 Å². The van der Waals surface area contributed by atoms with Gasteiger partial charge in [-0.3, -0.25) is 9.59 Å². The molecule has 1 unspecified atom stereocenters. The van der Waals surface area contributed by atoms with Gasteiger partial charge in [0.1, 0.15) is 23.8 Å². The van der Waals surface area contributed by atoms with Gasteiger partial charge in [-0.1, -0.05) is 36.4 Å². The summed E-state index contributed by atoms with van der Waals surface area (Å²) in [4.78, 5) is 37.9. The molecule has 1 aliphatic heterocycles. The van der Waals surface area contributed by atoms with Crippen molar-refractivity contribution < 1.29 is 23.5 Å². The van der Waals surface area contributed by atoms with E-state index in [-0.39, 0.29) is 30.3 Å². The molecule has 1 atom stereocenters. The third kappa shape index (κ3) is 4.89. The maximum absolute atomic E-state index is 14.2. The van der Waals surface area contributed by atoms with Crippen LogP contribution in [-0.2, 0) is 20.9 Å². The van der Waals surface area contributed by atoms with Crippen LogP contribution in [0.25, 0.3) is 11.1 Å². The summed E-state index contributed by atoms with van der Waals surface area (Å²) < 4.78 is 18.8. The molecule has 2 aromatic rings. The van der Waals surface area contributed by atoms with E-state index < -0.39 is 17.8 Å². The molecule has 31 heavy (non-hydrogen) atoms. The second-order valence-corrected chi connectivity index (χ2v) is 7.15. The van der Waals surface area contributed by atoms with Gasteiger partial charge in [0.2, 0.25) is 11.8 Å². The SMILES string of the molecule is COC(=O)c1c(F)cccc1-c1ccc(CNC(=O)C2CCCN2C(=O)CC#N)cc1. The molecular weight excluding hydrogens is 401 g/mol. The summed E-state index contributed by atoms with van der Waals surface area (Å²) in [6, 6.07) is 12.6. The van der Waals surface area contributed by atoms with Crippen LogP contribution in [0.3, 0.4) is 0 Å². The summed E-state index contributed by atoms with van der Waals surface area (Å²) in [6.45, 7) is 0.729. The minimum atomic E-state index is -0.753. The monoisotopic (exact) mass is 423 g/mol. The maximum atomic E-state index is 14.2. The van der Waals surface area contributed by atoms with Crippen molar-refractivity contribution in [2.75, 3.05) is 13.7 Å². The molecular formula is C23H22FN3O4. The van der Waals surface area contributed by atoms with E-state index in [0.717, 1.165) is 12.0 Å². The number of carbonyl (C=O) groups is 3. The summed E-state index contributed by atoms with van der Waals surface area (Å²) >= 11 is 0. The molecule has 0 spiro atoms. The Balaban J connectivity index is 1.68. The Bertz CT molecular complexity index is 1030. The number of ether oxygens (including phenoxy) is 1. The van der Waals surface area contributed by atoms with Gasteiger partial charge in [0.25, 0.3) is 0 Å². The second kappa shape index (κ2) is 9.85. The Hall–Kier alpha value is -3.73. The number of rotatable bonds is 6. The first-order chi connectivity index (χ1) is 15.0. The number of amides is 2. The van der Waals surface area contributed by atoms with Crippen LogP contribution < -0.4 is 5.32 Å². The molecule has 8 heteroatoms. The summed E-state index contributed by atoms with van der Waals surface area (Å²) in [5, 5.41) is 11.5. The van der Waals surface area contributed by atoms with E-state index in [2.05, 4.69) is 10.1 Å². The number of nitrogens with one attached hydrogen (secondary N) is 1. The molecule has 7 nitrogen and oxygen atoms in total. The van der Waals surface area contributed by atoms with Crippen molar-refractivity contribution in [1.82, 2.24) is 10.2 Å². The fourth-order valence-corrected chi connectivity index (χ4v) is 3.69. The summed E-state index contributed by atoms with van der Waals surface area (Å²) in [5.41, 5.74) is 1.73. The van der Waals surface area contributed by atoms with Crippen molar-refractivity contribution in [2.45, 2.75) is 31.8 Å². The zero-order valence-corrected chi connectivity index (χ0v) is 17.1. The van der Waals surface area contributed by atoms with E-state index in [1.165, 1.54) is 24.1 Å². The molecule has 0 aromatic heterocycles. The van der Waals surface area contributed by atoms with Crippen LogP contribution >= 0.6 is 0 Å². The minimum absolute atomic E-state index is 0.130. The molecule has 1 heterocycles. The Morgan fingerprint density at radius 2 is 1.97 bits per heavy atom. The van der Waals surface area contributed by atoms with Crippen molar-refractivity contribution in [1.29, 1.82) is 5.26 Å². The predicted octanol–water partition coefficient (Wildman–Crippen LogP) is 2.80. The number of esters is 1. The third-order valence-electron chi connectivity index (χ3n) is 5.24. The Kier molecular flexibility index (Phi) is 6.98. The molecule has 1 aliphatic rings. The highest BCUT2D eigenvalue weighted by Crippen LogP contribution is 2.27. The van der Waals surface area contributed by atoms with Crippen LogP contribution in [0.15, 0.2) is 42.5 Å². The molecule has 1 fully saturated rings. The predicted molar refractivity (Wildman–Crippen MR) is 110 cm³/mol. The Morgan fingerprint density at radius 3 is 2.65 bits per heavy atom. The average Bonchev–Trinajstić information content (AvgIpc) is 3.27. The summed E-state index contributed by atoms with van der Waals surface area (Å²) in [7, 11) is 1.20. The summed E-state index contributed by atoms with van der Waals surface area (Å²) in [5.74, 6) is -2.00. The highest BCUT2D eigenvalue weighted by molar-refractivity contribution is 5.97. The number of nitriles is 1. The van der Waals surface area contributed by atoms with Crippen molar-refractivity contribution >= 4 is 17.8 Å². The van der Waals surface area contributed by atoms with Gasteiger partial charge < -0.3 is 15.0 Å². The van der Waals surface area contributed by atoms with Gasteiger partial charge in [0.15, 0.2) is 0 Å². The smallest absolute Gasteiger partial charge is 0.341 e. The van der Waals surface area contributed by atoms with E-state index in [0.29, 0.717) is 24.1 Å². The minimum Gasteiger partial charge on any atom is -0.465 e. The number of likely N-dealkylation sites (tertiary alicyclic amines) is 1. The van der Waals surface area contributed by atoms with Crippen LogP contribution in [-0.4, -0.2) is 42.4 Å². The Morgan fingerprint density at radius 1 is 1.23 bits per heavy atom. The molecule has 1 N–H and O–H groups in total. The number of halogens is 1. The van der Waals surface area contributed by atoms with Crippen LogP contribution in [0.4, 0.5) is 4.39 Å². The molecule has 0 saturated carbocycles. The molecule has 3 rings (SSSR count). The molecule has 2 amide bonds. The van der Waals surface area contributed by atoms with Crippen LogP contribution in [0, 0.1) is 17.1 Å². The van der Waals surface area contributed by atoms with Gasteiger partial charge in [-0.05, 0) is 35.6 Å². The zero-order valence-electron chi connectivity index (χ0n) is 17.1. The van der Waals surface area contributed by atoms with Gasteiger partial charge in [-0.15, -0.1) is 0 Å². The van der Waals surface area contributed by atoms with Crippen molar-refractivity contribution in [3.63, 3.8) is 0 Å². The fourth-order valence-electron chi connectivity index (χ4n) is 3.69. The number of methoxy groups -OCH3 is 1. The van der Waals surface area contributed by atoms with E-state index in [9.17, 15) is 18.8 Å². The highest BCUT2D eigenvalue weighted by atomic mass is 19.1. The molecule has 2 aromatic carbocycles. The molecule has 0 radical (unpaired) electrons. The fraction of sp³-hybridized carbons (Fsp3) is 0.304. The van der Waals surface area contributed by atoms with Gasteiger partial charge in [0.05, 0.1) is 13.2 Å². The molecule has 160 valence electrons. The number of nitrogens with zero attached hydrogens (tertiary/aromatic N) is 2. The van der Waals surface area contributed by atoms with E-state index in [4.69, 9.17) is 5.26 Å². The third-order valence-corrected chi connectivity index (χ3v) is 5.24. The van der Waals surface area contributed by atoms with Crippen LogP contribution in [0.1, 0.15) is 35.2 Å². The maximum Gasteiger partial charge on any atom is 0.341 e. The molecule has 0 bridgehead atoms. The van der Waals surface area contributed by atoms with Gasteiger partial charge in [-0.2, -0.15) is 5.26 Å². The Labute approximate surface area is 179 Å².